The minimum atomic E-state index is 0.233. The lowest BCUT2D eigenvalue weighted by atomic mass is 9.96. The molecule has 0 aliphatic carbocycles. The summed E-state index contributed by atoms with van der Waals surface area (Å²) >= 11 is 0. The van der Waals surface area contributed by atoms with Crippen molar-refractivity contribution in [1.82, 2.24) is 10.6 Å². The molecule has 1 fully saturated rings. The first-order chi connectivity index (χ1) is 7.77. The summed E-state index contributed by atoms with van der Waals surface area (Å²) in [6.07, 6.45) is 6.56. The molecule has 0 aromatic carbocycles. The average molecular weight is 226 g/mol. The Hall–Kier alpha value is -0.570. The normalized spacial score (nSPS) is 21.1. The van der Waals surface area contributed by atoms with Crippen LogP contribution in [0.1, 0.15) is 52.4 Å². The van der Waals surface area contributed by atoms with Crippen LogP contribution in [0.3, 0.4) is 0 Å². The van der Waals surface area contributed by atoms with Gasteiger partial charge in [-0.25, -0.2) is 0 Å². The van der Waals surface area contributed by atoms with E-state index in [9.17, 15) is 4.79 Å². The van der Waals surface area contributed by atoms with Gasteiger partial charge in [-0.1, -0.05) is 26.7 Å². The minimum absolute atomic E-state index is 0.233. The van der Waals surface area contributed by atoms with Crippen molar-refractivity contribution in [2.45, 2.75) is 58.4 Å². The maximum atomic E-state index is 12.1. The molecular formula is C13H26N2O. The van der Waals surface area contributed by atoms with Crippen molar-refractivity contribution < 1.29 is 4.79 Å². The van der Waals surface area contributed by atoms with E-state index in [0.29, 0.717) is 6.04 Å². The van der Waals surface area contributed by atoms with Crippen LogP contribution in [-0.2, 0) is 4.79 Å². The highest BCUT2D eigenvalue weighted by Crippen LogP contribution is 2.14. The van der Waals surface area contributed by atoms with Gasteiger partial charge in [-0.15, -0.1) is 0 Å². The van der Waals surface area contributed by atoms with Gasteiger partial charge in [0.15, 0.2) is 0 Å². The summed E-state index contributed by atoms with van der Waals surface area (Å²) in [5.41, 5.74) is 0. The molecule has 0 saturated carbocycles. The van der Waals surface area contributed by atoms with E-state index in [0.717, 1.165) is 45.2 Å². The van der Waals surface area contributed by atoms with E-state index in [-0.39, 0.29) is 11.8 Å². The van der Waals surface area contributed by atoms with Crippen molar-refractivity contribution in [3.8, 4) is 0 Å². The Morgan fingerprint density at radius 1 is 1.38 bits per heavy atom. The predicted octanol–water partition coefficient (Wildman–Crippen LogP) is 2.07. The van der Waals surface area contributed by atoms with Crippen LogP contribution in [0.4, 0.5) is 0 Å². The molecular weight excluding hydrogens is 200 g/mol. The summed E-state index contributed by atoms with van der Waals surface area (Å²) in [6, 6.07) is 0.359. The van der Waals surface area contributed by atoms with Crippen molar-refractivity contribution in [1.29, 1.82) is 0 Å². The second-order valence-corrected chi connectivity index (χ2v) is 4.83. The van der Waals surface area contributed by atoms with Gasteiger partial charge >= 0.3 is 0 Å². The molecule has 1 heterocycles. The Bertz CT molecular complexity index is 194. The van der Waals surface area contributed by atoms with Crippen LogP contribution >= 0.6 is 0 Å². The van der Waals surface area contributed by atoms with E-state index >= 15 is 0 Å². The number of nitrogens with one attached hydrogen (secondary N) is 2. The summed E-state index contributed by atoms with van der Waals surface area (Å²) < 4.78 is 0. The number of carbonyl (C=O) groups excluding carboxylic acids is 1. The monoisotopic (exact) mass is 226 g/mol. The van der Waals surface area contributed by atoms with E-state index < -0.39 is 0 Å². The Morgan fingerprint density at radius 3 is 2.56 bits per heavy atom. The molecule has 0 aromatic heterocycles. The van der Waals surface area contributed by atoms with Crippen molar-refractivity contribution in [2.24, 2.45) is 5.92 Å². The second kappa shape index (κ2) is 7.66. The van der Waals surface area contributed by atoms with E-state index in [1.165, 1.54) is 6.42 Å². The van der Waals surface area contributed by atoms with E-state index in [1.807, 2.05) is 0 Å². The van der Waals surface area contributed by atoms with E-state index in [4.69, 9.17) is 0 Å². The highest BCUT2D eigenvalue weighted by Gasteiger charge is 2.21. The van der Waals surface area contributed by atoms with E-state index in [2.05, 4.69) is 24.5 Å². The molecule has 1 unspecified atom stereocenters. The Labute approximate surface area is 99.4 Å². The number of piperidine rings is 1. The third kappa shape index (κ3) is 4.52. The molecule has 1 rings (SSSR count). The first-order valence-corrected chi connectivity index (χ1v) is 6.79. The molecule has 16 heavy (non-hydrogen) atoms. The molecule has 1 saturated heterocycles. The third-order valence-electron chi connectivity index (χ3n) is 3.29. The van der Waals surface area contributed by atoms with Crippen LogP contribution in [0.2, 0.25) is 0 Å². The van der Waals surface area contributed by atoms with Gasteiger partial charge in [0.25, 0.3) is 0 Å². The summed E-state index contributed by atoms with van der Waals surface area (Å²) in [7, 11) is 0. The summed E-state index contributed by atoms with van der Waals surface area (Å²) in [4.78, 5) is 12.1. The van der Waals surface area contributed by atoms with Crippen molar-refractivity contribution in [3.63, 3.8) is 0 Å². The predicted molar refractivity (Wildman–Crippen MR) is 67.3 cm³/mol. The molecule has 1 amide bonds. The topological polar surface area (TPSA) is 41.1 Å². The van der Waals surface area contributed by atoms with Gasteiger partial charge in [0.05, 0.1) is 0 Å². The fraction of sp³-hybridized carbons (Fsp3) is 0.923. The number of amides is 1. The molecule has 0 bridgehead atoms. The molecule has 1 atom stereocenters. The zero-order chi connectivity index (χ0) is 11.8. The first-order valence-electron chi connectivity index (χ1n) is 6.79. The minimum Gasteiger partial charge on any atom is -0.352 e. The second-order valence-electron chi connectivity index (χ2n) is 4.83. The third-order valence-corrected chi connectivity index (χ3v) is 3.29. The highest BCUT2D eigenvalue weighted by molar-refractivity contribution is 5.78. The number of hydrogen-bond acceptors (Lipinski definition) is 2. The van der Waals surface area contributed by atoms with Gasteiger partial charge in [-0.2, -0.15) is 0 Å². The molecule has 1 aliphatic heterocycles. The van der Waals surface area contributed by atoms with E-state index in [1.54, 1.807) is 0 Å². The van der Waals surface area contributed by atoms with Crippen LogP contribution in [0.25, 0.3) is 0 Å². The van der Waals surface area contributed by atoms with Crippen molar-refractivity contribution in [2.75, 3.05) is 13.1 Å². The van der Waals surface area contributed by atoms with Crippen LogP contribution in [0.15, 0.2) is 0 Å². The molecule has 0 radical (unpaired) electrons. The molecule has 94 valence electrons. The standard InChI is InChI=1S/C13H26N2O/c1-3-6-11(7-4-2)13(16)15-12-8-5-9-14-10-12/h11-12,14H,3-10H2,1-2H3,(H,15,16). The quantitative estimate of drug-likeness (QED) is 0.728. The van der Waals surface area contributed by atoms with Crippen molar-refractivity contribution >= 4 is 5.91 Å². The lowest BCUT2D eigenvalue weighted by Gasteiger charge is -2.26. The van der Waals surface area contributed by atoms with Crippen LogP contribution in [0.5, 0.6) is 0 Å². The molecule has 3 nitrogen and oxygen atoms in total. The van der Waals surface area contributed by atoms with Crippen molar-refractivity contribution in [3.05, 3.63) is 0 Å². The Morgan fingerprint density at radius 2 is 2.06 bits per heavy atom. The van der Waals surface area contributed by atoms with Gasteiger partial charge in [0.1, 0.15) is 0 Å². The lowest BCUT2D eigenvalue weighted by Crippen LogP contribution is -2.47. The van der Waals surface area contributed by atoms with Gasteiger partial charge in [-0.3, -0.25) is 4.79 Å². The molecule has 0 aromatic rings. The Kier molecular flexibility index (Phi) is 6.46. The van der Waals surface area contributed by atoms with Gasteiger partial charge < -0.3 is 10.6 Å². The number of hydrogen-bond donors (Lipinski definition) is 2. The largest absolute Gasteiger partial charge is 0.352 e. The number of rotatable bonds is 6. The van der Waals surface area contributed by atoms with Gasteiger partial charge in [-0.05, 0) is 32.2 Å². The maximum absolute atomic E-state index is 12.1. The molecule has 1 aliphatic rings. The summed E-state index contributed by atoms with van der Waals surface area (Å²) in [5, 5.41) is 6.52. The Balaban J connectivity index is 2.34. The summed E-state index contributed by atoms with van der Waals surface area (Å²) in [6.45, 7) is 6.34. The van der Waals surface area contributed by atoms with Crippen LogP contribution in [-0.4, -0.2) is 25.0 Å². The zero-order valence-corrected chi connectivity index (χ0v) is 10.7. The molecule has 3 heteroatoms. The maximum Gasteiger partial charge on any atom is 0.223 e. The fourth-order valence-electron chi connectivity index (χ4n) is 2.40. The zero-order valence-electron chi connectivity index (χ0n) is 10.7. The number of carbonyl (C=O) groups is 1. The van der Waals surface area contributed by atoms with Gasteiger partial charge in [0, 0.05) is 18.5 Å². The fourth-order valence-corrected chi connectivity index (χ4v) is 2.40. The lowest BCUT2D eigenvalue weighted by molar-refractivity contribution is -0.126. The molecule has 0 spiro atoms. The summed E-state index contributed by atoms with van der Waals surface area (Å²) in [5.74, 6) is 0.509. The SMILES string of the molecule is CCCC(CCC)C(=O)NC1CCCNC1. The molecule has 2 N–H and O–H groups in total. The van der Waals surface area contributed by atoms with Crippen LogP contribution in [0, 0.1) is 5.92 Å². The smallest absolute Gasteiger partial charge is 0.223 e. The van der Waals surface area contributed by atoms with Crippen LogP contribution < -0.4 is 10.6 Å². The highest BCUT2D eigenvalue weighted by atomic mass is 16.1. The first kappa shape index (κ1) is 13.5. The average Bonchev–Trinajstić information content (AvgIpc) is 2.30. The van der Waals surface area contributed by atoms with Gasteiger partial charge in [0.2, 0.25) is 5.91 Å².